The second kappa shape index (κ2) is 15.5. The van der Waals surface area contributed by atoms with E-state index in [0.717, 1.165) is 36.4 Å². The van der Waals surface area contributed by atoms with Crippen LogP contribution < -0.4 is 14.4 Å². The first kappa shape index (κ1) is 34.1. The minimum absolute atomic E-state index is 0.0118. The van der Waals surface area contributed by atoms with E-state index in [1.165, 1.54) is 17.0 Å². The number of rotatable bonds is 12. The predicted molar refractivity (Wildman–Crippen MR) is 178 cm³/mol. The quantitative estimate of drug-likeness (QED) is 0.213. The highest BCUT2D eigenvalue weighted by molar-refractivity contribution is 9.10. The Labute approximate surface area is 277 Å². The van der Waals surface area contributed by atoms with Gasteiger partial charge in [0.1, 0.15) is 18.3 Å². The van der Waals surface area contributed by atoms with Crippen LogP contribution in [0.3, 0.4) is 0 Å². The topological polar surface area (TPSA) is 96.0 Å². The van der Waals surface area contributed by atoms with Gasteiger partial charge >= 0.3 is 0 Å². The molecule has 44 heavy (non-hydrogen) atoms. The van der Waals surface area contributed by atoms with E-state index < -0.39 is 28.5 Å². The van der Waals surface area contributed by atoms with E-state index in [1.54, 1.807) is 61.5 Å². The summed E-state index contributed by atoms with van der Waals surface area (Å²) in [6.07, 6.45) is 4.97. The van der Waals surface area contributed by atoms with Gasteiger partial charge in [0, 0.05) is 27.1 Å². The molecule has 1 aliphatic carbocycles. The number of anilines is 1. The summed E-state index contributed by atoms with van der Waals surface area (Å²) in [6, 6.07) is 16.7. The molecule has 12 heteroatoms. The molecule has 0 spiro atoms. The molecule has 1 fully saturated rings. The Bertz CT molecular complexity index is 1550. The number of sulfonamides is 1. The van der Waals surface area contributed by atoms with Crippen LogP contribution in [0.1, 0.15) is 51.5 Å². The van der Waals surface area contributed by atoms with Crippen LogP contribution in [0.4, 0.5) is 5.69 Å². The van der Waals surface area contributed by atoms with Crippen molar-refractivity contribution in [2.45, 2.75) is 69.5 Å². The molecule has 1 aliphatic rings. The van der Waals surface area contributed by atoms with Crippen LogP contribution in [0.25, 0.3) is 0 Å². The molecule has 1 saturated carbocycles. The van der Waals surface area contributed by atoms with Crippen LogP contribution >= 0.6 is 39.1 Å². The fourth-order valence-corrected chi connectivity index (χ4v) is 7.27. The molecular formula is C32H36BrCl2N3O5S. The van der Waals surface area contributed by atoms with Crippen molar-refractivity contribution in [2.24, 2.45) is 0 Å². The molecule has 0 aliphatic heterocycles. The average Bonchev–Trinajstić information content (AvgIpc) is 3.00. The second-order valence-corrected chi connectivity index (χ2v) is 14.3. The highest BCUT2D eigenvalue weighted by atomic mass is 79.9. The van der Waals surface area contributed by atoms with Gasteiger partial charge in [-0.2, -0.15) is 0 Å². The van der Waals surface area contributed by atoms with Crippen molar-refractivity contribution < 1.29 is 22.7 Å². The Kier molecular flexibility index (Phi) is 12.0. The molecule has 4 rings (SSSR count). The Hall–Kier alpha value is -2.79. The number of hydrogen-bond donors (Lipinski definition) is 1. The van der Waals surface area contributed by atoms with Crippen LogP contribution in [0.15, 0.2) is 76.1 Å². The molecule has 0 radical (unpaired) electrons. The smallest absolute Gasteiger partial charge is 0.264 e. The first-order chi connectivity index (χ1) is 21.0. The van der Waals surface area contributed by atoms with E-state index in [4.69, 9.17) is 27.9 Å². The van der Waals surface area contributed by atoms with Crippen molar-refractivity contribution in [3.05, 3.63) is 86.8 Å². The molecule has 2 amide bonds. The van der Waals surface area contributed by atoms with E-state index in [-0.39, 0.29) is 29.1 Å². The predicted octanol–water partition coefficient (Wildman–Crippen LogP) is 7.22. The normalized spacial score (nSPS) is 14.5. The average molecular weight is 726 g/mol. The maximum Gasteiger partial charge on any atom is 0.264 e. The lowest BCUT2D eigenvalue weighted by Crippen LogP contribution is -2.53. The maximum atomic E-state index is 14.2. The monoisotopic (exact) mass is 723 g/mol. The molecule has 0 saturated heterocycles. The zero-order valence-electron chi connectivity index (χ0n) is 24.6. The zero-order chi connectivity index (χ0) is 31.9. The second-order valence-electron chi connectivity index (χ2n) is 10.7. The summed E-state index contributed by atoms with van der Waals surface area (Å²) in [4.78, 5) is 29.0. The summed E-state index contributed by atoms with van der Waals surface area (Å²) >= 11 is 15.9. The standard InChI is InChI=1S/C32H36BrCl2N3O5S/c1-3-43-28-15-13-27(14-16-28)38(44(41,42)29-17-10-24(33)11-18-29)21-31(39)37(20-23-9-12-25(34)19-30(23)35)22(2)32(40)36-26-7-5-4-6-8-26/h9-19,22,26H,3-8,20-21H2,1-2H3,(H,36,40). The molecule has 1 N–H and O–H groups in total. The van der Waals surface area contributed by atoms with Crippen LogP contribution in [-0.2, 0) is 26.2 Å². The maximum absolute atomic E-state index is 14.2. The third kappa shape index (κ3) is 8.68. The van der Waals surface area contributed by atoms with Crippen molar-refractivity contribution in [2.75, 3.05) is 17.5 Å². The molecule has 1 atom stereocenters. The van der Waals surface area contributed by atoms with E-state index in [2.05, 4.69) is 21.2 Å². The Morgan fingerprint density at radius 1 is 1.00 bits per heavy atom. The van der Waals surface area contributed by atoms with Gasteiger partial charge in [0.05, 0.1) is 17.2 Å². The van der Waals surface area contributed by atoms with Gasteiger partial charge in [-0.05, 0) is 92.9 Å². The molecule has 0 bridgehead atoms. The highest BCUT2D eigenvalue weighted by Gasteiger charge is 2.33. The van der Waals surface area contributed by atoms with Gasteiger partial charge in [0.15, 0.2) is 0 Å². The van der Waals surface area contributed by atoms with E-state index in [0.29, 0.717) is 32.4 Å². The summed E-state index contributed by atoms with van der Waals surface area (Å²) in [5, 5.41) is 3.86. The van der Waals surface area contributed by atoms with Crippen LogP contribution in [-0.4, -0.2) is 50.4 Å². The summed E-state index contributed by atoms with van der Waals surface area (Å²) in [6.45, 7) is 3.36. The number of hydrogen-bond acceptors (Lipinski definition) is 5. The molecule has 3 aromatic carbocycles. The van der Waals surface area contributed by atoms with Gasteiger partial charge in [0.25, 0.3) is 10.0 Å². The molecule has 236 valence electrons. The lowest BCUT2D eigenvalue weighted by Gasteiger charge is -2.33. The van der Waals surface area contributed by atoms with Crippen LogP contribution in [0.2, 0.25) is 10.0 Å². The van der Waals surface area contributed by atoms with Gasteiger partial charge in [-0.1, -0.05) is 64.5 Å². The summed E-state index contributed by atoms with van der Waals surface area (Å²) in [5.41, 5.74) is 0.846. The largest absolute Gasteiger partial charge is 0.494 e. The first-order valence-corrected chi connectivity index (χ1v) is 17.5. The molecule has 1 unspecified atom stereocenters. The number of carbonyl (C=O) groups excluding carboxylic acids is 2. The SMILES string of the molecule is CCOc1ccc(N(CC(=O)N(Cc2ccc(Cl)cc2Cl)C(C)C(=O)NC2CCCCC2)S(=O)(=O)c2ccc(Br)cc2)cc1. The van der Waals surface area contributed by atoms with Crippen molar-refractivity contribution in [1.29, 1.82) is 0 Å². The van der Waals surface area contributed by atoms with Gasteiger partial charge in [0.2, 0.25) is 11.8 Å². The zero-order valence-corrected chi connectivity index (χ0v) is 28.6. The number of nitrogens with one attached hydrogen (secondary N) is 1. The van der Waals surface area contributed by atoms with Gasteiger partial charge in [-0.15, -0.1) is 0 Å². The van der Waals surface area contributed by atoms with Crippen LogP contribution in [0, 0.1) is 0 Å². The molecule has 3 aromatic rings. The first-order valence-electron chi connectivity index (χ1n) is 14.5. The number of ether oxygens (including phenoxy) is 1. The fourth-order valence-electron chi connectivity index (χ4n) is 5.12. The van der Waals surface area contributed by atoms with Crippen molar-refractivity contribution >= 4 is 66.7 Å². The molecule has 8 nitrogen and oxygen atoms in total. The van der Waals surface area contributed by atoms with Crippen LogP contribution in [0.5, 0.6) is 5.75 Å². The number of benzene rings is 3. The van der Waals surface area contributed by atoms with Gasteiger partial charge < -0.3 is 15.0 Å². The fraction of sp³-hybridized carbons (Fsp3) is 0.375. The summed E-state index contributed by atoms with van der Waals surface area (Å²) in [7, 11) is -4.20. The number of amides is 2. The number of carbonyl (C=O) groups is 2. The van der Waals surface area contributed by atoms with Gasteiger partial charge in [-0.25, -0.2) is 8.42 Å². The van der Waals surface area contributed by atoms with E-state index >= 15 is 0 Å². The van der Waals surface area contributed by atoms with Gasteiger partial charge in [-0.3, -0.25) is 13.9 Å². The van der Waals surface area contributed by atoms with E-state index in [9.17, 15) is 18.0 Å². The van der Waals surface area contributed by atoms with Crippen molar-refractivity contribution in [3.8, 4) is 5.75 Å². The number of halogens is 3. The third-order valence-electron chi connectivity index (χ3n) is 7.59. The van der Waals surface area contributed by atoms with Crippen molar-refractivity contribution in [3.63, 3.8) is 0 Å². The highest BCUT2D eigenvalue weighted by Crippen LogP contribution is 2.29. The molecular weight excluding hydrogens is 689 g/mol. The Balaban J connectivity index is 1.70. The lowest BCUT2D eigenvalue weighted by molar-refractivity contribution is -0.139. The molecule has 0 aromatic heterocycles. The Morgan fingerprint density at radius 3 is 2.27 bits per heavy atom. The summed E-state index contributed by atoms with van der Waals surface area (Å²) in [5.74, 6) is -0.314. The van der Waals surface area contributed by atoms with Crippen molar-refractivity contribution in [1.82, 2.24) is 10.2 Å². The molecule has 0 heterocycles. The Morgan fingerprint density at radius 2 is 1.66 bits per heavy atom. The lowest BCUT2D eigenvalue weighted by atomic mass is 9.95. The minimum atomic E-state index is -4.20. The minimum Gasteiger partial charge on any atom is -0.494 e. The summed E-state index contributed by atoms with van der Waals surface area (Å²) < 4.78 is 35.3. The third-order valence-corrected chi connectivity index (χ3v) is 10.5. The van der Waals surface area contributed by atoms with E-state index in [1.807, 2.05) is 6.92 Å². The number of nitrogens with zero attached hydrogens (tertiary/aromatic N) is 2.